The first-order valence-electron chi connectivity index (χ1n) is 5.94. The Morgan fingerprint density at radius 1 is 1.44 bits per heavy atom. The molecule has 0 aliphatic carbocycles. The Morgan fingerprint density at radius 2 is 2.17 bits per heavy atom. The number of aromatic nitrogens is 1. The molecular weight excluding hydrogens is 230 g/mol. The van der Waals surface area contributed by atoms with E-state index in [2.05, 4.69) is 17.6 Å². The molecule has 0 fully saturated rings. The first-order chi connectivity index (χ1) is 8.58. The van der Waals surface area contributed by atoms with Crippen LogP contribution in [0, 0.1) is 0 Å². The lowest BCUT2D eigenvalue weighted by Crippen LogP contribution is -2.03. The van der Waals surface area contributed by atoms with Crippen molar-refractivity contribution >= 4 is 16.9 Å². The van der Waals surface area contributed by atoms with E-state index in [9.17, 15) is 4.79 Å². The summed E-state index contributed by atoms with van der Waals surface area (Å²) < 4.78 is 7.36. The number of nitrogens with zero attached hydrogens (tertiary/aromatic N) is 1. The number of carboxylic acids is 1. The number of hydrogen-bond donors (Lipinski definition) is 1. The largest absolute Gasteiger partial charge is 0.496 e. The van der Waals surface area contributed by atoms with Gasteiger partial charge in [-0.1, -0.05) is 6.92 Å². The van der Waals surface area contributed by atoms with E-state index in [1.54, 1.807) is 7.11 Å². The van der Waals surface area contributed by atoms with Gasteiger partial charge < -0.3 is 14.4 Å². The van der Waals surface area contributed by atoms with Gasteiger partial charge in [0.15, 0.2) is 0 Å². The highest BCUT2D eigenvalue weighted by Crippen LogP contribution is 2.30. The normalized spacial score (nSPS) is 10.8. The van der Waals surface area contributed by atoms with Crippen LogP contribution in [0.1, 0.15) is 18.2 Å². The first kappa shape index (κ1) is 12.5. The van der Waals surface area contributed by atoms with E-state index >= 15 is 0 Å². The molecule has 0 bridgehead atoms. The van der Waals surface area contributed by atoms with Crippen LogP contribution in [0.25, 0.3) is 10.9 Å². The Labute approximate surface area is 106 Å². The maximum Gasteiger partial charge on any atom is 0.307 e. The molecule has 0 aliphatic heterocycles. The number of carboxylic acid groups (broad SMARTS) is 1. The van der Waals surface area contributed by atoms with E-state index in [1.807, 2.05) is 19.2 Å². The van der Waals surface area contributed by atoms with Gasteiger partial charge in [0, 0.05) is 29.2 Å². The first-order valence-corrected chi connectivity index (χ1v) is 5.94. The molecule has 0 saturated carbocycles. The Morgan fingerprint density at radius 3 is 2.72 bits per heavy atom. The standard InChI is InChI=1S/C14H17NO3/c1-4-9-7-10-11(8-14(16)17)13(18-3)6-5-12(10)15(9)2/h5-7H,4,8H2,1-3H3,(H,16,17). The summed E-state index contributed by atoms with van der Waals surface area (Å²) in [5.74, 6) is -0.208. The van der Waals surface area contributed by atoms with Gasteiger partial charge in [-0.15, -0.1) is 0 Å². The number of aryl methyl sites for hydroxylation is 2. The average Bonchev–Trinajstić information content (AvgIpc) is 2.67. The summed E-state index contributed by atoms with van der Waals surface area (Å²) in [6.07, 6.45) is 0.897. The minimum absolute atomic E-state index is 0.0202. The molecule has 0 aliphatic rings. The second kappa shape index (κ2) is 4.72. The predicted molar refractivity (Wildman–Crippen MR) is 70.2 cm³/mol. The highest BCUT2D eigenvalue weighted by atomic mass is 16.5. The van der Waals surface area contributed by atoms with Gasteiger partial charge in [0.1, 0.15) is 5.75 Å². The quantitative estimate of drug-likeness (QED) is 0.902. The lowest BCUT2D eigenvalue weighted by atomic mass is 10.1. The third kappa shape index (κ3) is 1.94. The van der Waals surface area contributed by atoms with Crippen LogP contribution in [0.5, 0.6) is 5.75 Å². The van der Waals surface area contributed by atoms with Crippen LogP contribution < -0.4 is 4.74 Å². The van der Waals surface area contributed by atoms with Crippen molar-refractivity contribution in [2.24, 2.45) is 7.05 Å². The van der Waals surface area contributed by atoms with Crippen molar-refractivity contribution in [3.63, 3.8) is 0 Å². The zero-order valence-electron chi connectivity index (χ0n) is 10.9. The Balaban J connectivity index is 2.72. The van der Waals surface area contributed by atoms with Gasteiger partial charge in [0.2, 0.25) is 0 Å². The minimum atomic E-state index is -0.845. The number of ether oxygens (including phenoxy) is 1. The predicted octanol–water partition coefficient (Wildman–Crippen LogP) is 2.38. The van der Waals surface area contributed by atoms with Crippen LogP contribution in [0.15, 0.2) is 18.2 Å². The fraction of sp³-hybridized carbons (Fsp3) is 0.357. The summed E-state index contributed by atoms with van der Waals surface area (Å²) in [5, 5.41) is 9.99. The number of benzene rings is 1. The summed E-state index contributed by atoms with van der Waals surface area (Å²) in [7, 11) is 3.56. The number of aliphatic carboxylic acids is 1. The third-order valence-electron chi connectivity index (χ3n) is 3.30. The molecule has 18 heavy (non-hydrogen) atoms. The van der Waals surface area contributed by atoms with Crippen molar-refractivity contribution in [2.45, 2.75) is 19.8 Å². The second-order valence-corrected chi connectivity index (χ2v) is 4.30. The zero-order chi connectivity index (χ0) is 13.3. The molecule has 1 aromatic heterocycles. The highest BCUT2D eigenvalue weighted by molar-refractivity contribution is 5.90. The fourth-order valence-corrected chi connectivity index (χ4v) is 2.37. The van der Waals surface area contributed by atoms with E-state index in [1.165, 1.54) is 5.69 Å². The molecule has 96 valence electrons. The van der Waals surface area contributed by atoms with Crippen molar-refractivity contribution in [3.8, 4) is 5.75 Å². The molecule has 0 radical (unpaired) electrons. The van der Waals surface area contributed by atoms with E-state index in [0.717, 1.165) is 22.9 Å². The number of fused-ring (bicyclic) bond motifs is 1. The molecule has 0 atom stereocenters. The van der Waals surface area contributed by atoms with Gasteiger partial charge in [0.05, 0.1) is 13.5 Å². The second-order valence-electron chi connectivity index (χ2n) is 4.30. The maximum absolute atomic E-state index is 11.0. The smallest absolute Gasteiger partial charge is 0.307 e. The van der Waals surface area contributed by atoms with Crippen LogP contribution in [0.4, 0.5) is 0 Å². The molecule has 1 heterocycles. The summed E-state index contributed by atoms with van der Waals surface area (Å²) in [5.41, 5.74) is 2.98. The maximum atomic E-state index is 11.0. The van der Waals surface area contributed by atoms with Crippen molar-refractivity contribution in [1.82, 2.24) is 4.57 Å². The van der Waals surface area contributed by atoms with Gasteiger partial charge in [-0.05, 0) is 24.6 Å². The van der Waals surface area contributed by atoms with Crippen molar-refractivity contribution in [2.75, 3.05) is 7.11 Å². The SMILES string of the molecule is CCc1cc2c(CC(=O)O)c(OC)ccc2n1C. The Kier molecular flexibility index (Phi) is 3.28. The number of carbonyl (C=O) groups is 1. The van der Waals surface area contributed by atoms with Gasteiger partial charge in [-0.2, -0.15) is 0 Å². The molecule has 2 rings (SSSR count). The van der Waals surface area contributed by atoms with E-state index in [4.69, 9.17) is 9.84 Å². The van der Waals surface area contributed by atoms with Gasteiger partial charge >= 0.3 is 5.97 Å². The molecule has 4 heteroatoms. The lowest BCUT2D eigenvalue weighted by molar-refractivity contribution is -0.136. The van der Waals surface area contributed by atoms with E-state index in [-0.39, 0.29) is 6.42 Å². The summed E-state index contributed by atoms with van der Waals surface area (Å²) in [4.78, 5) is 11.0. The average molecular weight is 247 g/mol. The highest BCUT2D eigenvalue weighted by Gasteiger charge is 2.15. The monoisotopic (exact) mass is 247 g/mol. The molecule has 0 amide bonds. The van der Waals surface area contributed by atoms with Crippen molar-refractivity contribution in [3.05, 3.63) is 29.5 Å². The van der Waals surface area contributed by atoms with Gasteiger partial charge in [-0.25, -0.2) is 0 Å². The van der Waals surface area contributed by atoms with Crippen LogP contribution >= 0.6 is 0 Å². The molecule has 0 spiro atoms. The molecule has 4 nitrogen and oxygen atoms in total. The number of hydrogen-bond acceptors (Lipinski definition) is 2. The Bertz CT molecular complexity index is 599. The Hall–Kier alpha value is -1.97. The van der Waals surface area contributed by atoms with Gasteiger partial charge in [-0.3, -0.25) is 4.79 Å². The van der Waals surface area contributed by atoms with Crippen LogP contribution in [0.2, 0.25) is 0 Å². The number of rotatable bonds is 4. The molecule has 0 unspecified atom stereocenters. The van der Waals surface area contributed by atoms with Crippen molar-refractivity contribution < 1.29 is 14.6 Å². The van der Waals surface area contributed by atoms with E-state index < -0.39 is 5.97 Å². The third-order valence-corrected chi connectivity index (χ3v) is 3.30. The lowest BCUT2D eigenvalue weighted by Gasteiger charge is -2.08. The van der Waals surface area contributed by atoms with Crippen LogP contribution in [0.3, 0.4) is 0 Å². The summed E-state index contributed by atoms with van der Waals surface area (Å²) in [6.45, 7) is 2.09. The van der Waals surface area contributed by atoms with Crippen molar-refractivity contribution in [1.29, 1.82) is 0 Å². The fourth-order valence-electron chi connectivity index (χ4n) is 2.37. The summed E-state index contributed by atoms with van der Waals surface area (Å²) >= 11 is 0. The molecule has 2 aromatic rings. The zero-order valence-corrected chi connectivity index (χ0v) is 10.9. The number of methoxy groups -OCH3 is 1. The molecule has 1 aromatic carbocycles. The topological polar surface area (TPSA) is 51.5 Å². The molecular formula is C14H17NO3. The van der Waals surface area contributed by atoms with Crippen LogP contribution in [-0.4, -0.2) is 22.8 Å². The molecule has 0 saturated heterocycles. The van der Waals surface area contributed by atoms with E-state index in [0.29, 0.717) is 5.75 Å². The minimum Gasteiger partial charge on any atom is -0.496 e. The van der Waals surface area contributed by atoms with Gasteiger partial charge in [0.25, 0.3) is 0 Å². The molecule has 1 N–H and O–H groups in total. The summed E-state index contributed by atoms with van der Waals surface area (Å²) in [6, 6.07) is 5.86. The van der Waals surface area contributed by atoms with Crippen LogP contribution in [-0.2, 0) is 24.7 Å².